The van der Waals surface area contributed by atoms with E-state index in [1.54, 1.807) is 0 Å². The molecule has 0 aliphatic heterocycles. The first-order chi connectivity index (χ1) is 4.06. The van der Waals surface area contributed by atoms with Crippen LogP contribution in [0.2, 0.25) is 0 Å². The summed E-state index contributed by atoms with van der Waals surface area (Å²) in [6, 6.07) is 0. The molecular formula is C4H8INaO3S. The van der Waals surface area contributed by atoms with Crippen LogP contribution in [0.15, 0.2) is 0 Å². The van der Waals surface area contributed by atoms with Gasteiger partial charge in [0.1, 0.15) is 0 Å². The summed E-state index contributed by atoms with van der Waals surface area (Å²) in [6.45, 7) is 0. The van der Waals surface area contributed by atoms with E-state index in [0.29, 0.717) is 6.42 Å². The minimum Gasteiger partial charge on any atom is -0.748 e. The molecule has 10 heavy (non-hydrogen) atoms. The maximum absolute atomic E-state index is 9.95. The predicted molar refractivity (Wildman–Crippen MR) is 42.7 cm³/mol. The van der Waals surface area contributed by atoms with E-state index in [4.69, 9.17) is 0 Å². The molecule has 0 rings (SSSR count). The van der Waals surface area contributed by atoms with E-state index >= 15 is 0 Å². The van der Waals surface area contributed by atoms with Gasteiger partial charge in [-0.15, -0.1) is 0 Å². The molecule has 3 nitrogen and oxygen atoms in total. The molecule has 0 unspecified atom stereocenters. The second-order valence-corrected chi connectivity index (χ2v) is 4.26. The van der Waals surface area contributed by atoms with Crippen molar-refractivity contribution in [3.05, 3.63) is 0 Å². The Morgan fingerprint density at radius 2 is 1.80 bits per heavy atom. The first-order valence-electron chi connectivity index (χ1n) is 2.56. The van der Waals surface area contributed by atoms with Crippen molar-refractivity contribution in [2.45, 2.75) is 12.8 Å². The van der Waals surface area contributed by atoms with Gasteiger partial charge in [-0.3, -0.25) is 0 Å². The van der Waals surface area contributed by atoms with Gasteiger partial charge < -0.3 is 4.55 Å². The maximum atomic E-state index is 9.95. The second-order valence-electron chi connectivity index (χ2n) is 1.66. The van der Waals surface area contributed by atoms with Gasteiger partial charge in [-0.05, 0) is 17.3 Å². The summed E-state index contributed by atoms with van der Waals surface area (Å²) in [5.41, 5.74) is 0. The Balaban J connectivity index is 0. The monoisotopic (exact) mass is 286 g/mol. The minimum atomic E-state index is -3.95. The van der Waals surface area contributed by atoms with Crippen molar-refractivity contribution in [1.82, 2.24) is 0 Å². The van der Waals surface area contributed by atoms with Crippen LogP contribution in [0.4, 0.5) is 0 Å². The van der Waals surface area contributed by atoms with E-state index in [0.717, 1.165) is 10.8 Å². The van der Waals surface area contributed by atoms with Crippen LogP contribution in [0.3, 0.4) is 0 Å². The van der Waals surface area contributed by atoms with Crippen molar-refractivity contribution in [3.63, 3.8) is 0 Å². The third-order valence-corrected chi connectivity index (χ3v) is 2.33. The van der Waals surface area contributed by atoms with Crippen molar-refractivity contribution < 1.29 is 42.5 Å². The normalized spacial score (nSPS) is 10.6. The molecule has 0 bridgehead atoms. The number of unbranched alkanes of at least 4 members (excludes halogenated alkanes) is 1. The first-order valence-corrected chi connectivity index (χ1v) is 5.66. The number of hydrogen-bond donors (Lipinski definition) is 0. The van der Waals surface area contributed by atoms with Crippen LogP contribution in [-0.2, 0) is 10.1 Å². The second kappa shape index (κ2) is 7.30. The van der Waals surface area contributed by atoms with Crippen LogP contribution in [0.25, 0.3) is 0 Å². The molecule has 0 N–H and O–H groups in total. The summed E-state index contributed by atoms with van der Waals surface area (Å²) in [6.07, 6.45) is 1.30. The Hall–Kier alpha value is 1.64. The van der Waals surface area contributed by atoms with Crippen LogP contribution < -0.4 is 29.6 Å². The van der Waals surface area contributed by atoms with Gasteiger partial charge in [0.05, 0.1) is 10.1 Å². The van der Waals surface area contributed by atoms with E-state index < -0.39 is 10.1 Å². The molecule has 0 aromatic rings. The average molecular weight is 286 g/mol. The summed E-state index contributed by atoms with van der Waals surface area (Å²) in [5.74, 6) is -0.212. The average Bonchev–Trinajstić information content (AvgIpc) is 1.63. The van der Waals surface area contributed by atoms with Crippen molar-refractivity contribution in [2.24, 2.45) is 0 Å². The number of rotatable bonds is 4. The summed E-state index contributed by atoms with van der Waals surface area (Å²) in [7, 11) is -3.95. The van der Waals surface area contributed by atoms with Gasteiger partial charge in [-0.1, -0.05) is 22.6 Å². The Morgan fingerprint density at radius 3 is 2.10 bits per heavy atom. The van der Waals surface area contributed by atoms with Crippen molar-refractivity contribution >= 4 is 32.7 Å². The van der Waals surface area contributed by atoms with Crippen LogP contribution in [0, 0.1) is 0 Å². The molecule has 0 radical (unpaired) electrons. The van der Waals surface area contributed by atoms with Crippen molar-refractivity contribution in [1.29, 1.82) is 0 Å². The van der Waals surface area contributed by atoms with Crippen LogP contribution in [0.1, 0.15) is 12.8 Å². The molecule has 0 aromatic heterocycles. The molecule has 0 aliphatic rings. The van der Waals surface area contributed by atoms with Crippen LogP contribution >= 0.6 is 22.6 Å². The Kier molecular flexibility index (Phi) is 10.3. The Morgan fingerprint density at radius 1 is 1.30 bits per heavy atom. The van der Waals surface area contributed by atoms with Gasteiger partial charge in [-0.2, -0.15) is 0 Å². The number of halogens is 1. The molecule has 0 fully saturated rings. The van der Waals surface area contributed by atoms with E-state index in [9.17, 15) is 13.0 Å². The van der Waals surface area contributed by atoms with Crippen molar-refractivity contribution in [2.75, 3.05) is 10.2 Å². The van der Waals surface area contributed by atoms with E-state index in [-0.39, 0.29) is 35.3 Å². The topological polar surface area (TPSA) is 57.2 Å². The summed E-state index contributed by atoms with van der Waals surface area (Å²) < 4.78 is 30.8. The summed E-state index contributed by atoms with van der Waals surface area (Å²) in [4.78, 5) is 0. The molecule has 6 heteroatoms. The third-order valence-electron chi connectivity index (χ3n) is 0.778. The minimum absolute atomic E-state index is 0. The molecule has 0 aliphatic carbocycles. The fraction of sp³-hybridized carbons (Fsp3) is 1.00. The van der Waals surface area contributed by atoms with Crippen molar-refractivity contribution in [3.8, 4) is 0 Å². The van der Waals surface area contributed by atoms with Gasteiger partial charge in [-0.25, -0.2) is 8.42 Å². The molecule has 0 spiro atoms. The quantitative estimate of drug-likeness (QED) is 0.193. The number of hydrogen-bond acceptors (Lipinski definition) is 3. The molecule has 0 saturated heterocycles. The fourth-order valence-electron chi connectivity index (χ4n) is 0.373. The molecule has 0 aromatic carbocycles. The Bertz CT molecular complexity index is 156. The van der Waals surface area contributed by atoms with E-state index in [1.165, 1.54) is 0 Å². The summed E-state index contributed by atoms with van der Waals surface area (Å²) in [5, 5.41) is 0. The SMILES string of the molecule is O=S(=O)([O-])CCCCI.[Na+]. The molecule has 0 saturated carbocycles. The van der Waals surface area contributed by atoms with Gasteiger partial charge in [0, 0.05) is 5.75 Å². The summed E-state index contributed by atoms with van der Waals surface area (Å²) >= 11 is 2.14. The molecule has 0 heterocycles. The van der Waals surface area contributed by atoms with Gasteiger partial charge in [0.2, 0.25) is 0 Å². The number of alkyl halides is 1. The largest absolute Gasteiger partial charge is 1.00 e. The van der Waals surface area contributed by atoms with Gasteiger partial charge in [0.15, 0.2) is 0 Å². The fourth-order valence-corrected chi connectivity index (χ4v) is 1.47. The molecular weight excluding hydrogens is 278 g/mol. The third kappa shape index (κ3) is 12.3. The zero-order valence-corrected chi connectivity index (χ0v) is 10.8. The van der Waals surface area contributed by atoms with E-state index in [2.05, 4.69) is 22.6 Å². The van der Waals surface area contributed by atoms with Gasteiger partial charge >= 0.3 is 29.6 Å². The van der Waals surface area contributed by atoms with Crippen LogP contribution in [-0.4, -0.2) is 23.2 Å². The standard InChI is InChI=1S/C4H9IO3S.Na/c5-3-1-2-4-9(6,7)8;/h1-4H2,(H,6,7,8);/q;+1/p-1. The maximum Gasteiger partial charge on any atom is 1.00 e. The zero-order chi connectivity index (χ0) is 7.33. The molecule has 0 amide bonds. The first kappa shape index (κ1) is 14.2. The van der Waals surface area contributed by atoms with Crippen LogP contribution in [0.5, 0.6) is 0 Å². The molecule has 56 valence electrons. The Labute approximate surface area is 97.1 Å². The van der Waals surface area contributed by atoms with E-state index in [1.807, 2.05) is 0 Å². The zero-order valence-electron chi connectivity index (χ0n) is 5.84. The predicted octanol–water partition coefficient (Wildman–Crippen LogP) is -2.25. The van der Waals surface area contributed by atoms with Gasteiger partial charge in [0.25, 0.3) is 0 Å². The molecule has 0 atom stereocenters. The smallest absolute Gasteiger partial charge is 0.748 e.